The Bertz CT molecular complexity index is 1120. The number of rotatable bonds is 8. The van der Waals surface area contributed by atoms with Gasteiger partial charge in [-0.25, -0.2) is 9.50 Å². The van der Waals surface area contributed by atoms with Crippen LogP contribution in [0.15, 0.2) is 54.3 Å². The summed E-state index contributed by atoms with van der Waals surface area (Å²) in [6.07, 6.45) is 6.66. The number of pyridine rings is 1. The van der Waals surface area contributed by atoms with Gasteiger partial charge < -0.3 is 5.32 Å². The van der Waals surface area contributed by atoms with Crippen LogP contribution in [0.1, 0.15) is 37.0 Å². The first-order valence-electron chi connectivity index (χ1n) is 9.77. The lowest BCUT2D eigenvalue weighted by molar-refractivity contribution is 0.0976. The Morgan fingerprint density at radius 2 is 2.17 bits per heavy atom. The van der Waals surface area contributed by atoms with Gasteiger partial charge in [0.25, 0.3) is 0 Å². The summed E-state index contributed by atoms with van der Waals surface area (Å²) in [4.78, 5) is 23.0. The van der Waals surface area contributed by atoms with Gasteiger partial charge in [0.15, 0.2) is 11.4 Å². The largest absolute Gasteiger partial charge is 0.315 e. The number of aromatic nitrogens is 4. The van der Waals surface area contributed by atoms with Gasteiger partial charge in [-0.15, -0.1) is 11.3 Å². The highest BCUT2D eigenvalue weighted by atomic mass is 32.1. The molecule has 0 fully saturated rings. The van der Waals surface area contributed by atoms with Crippen molar-refractivity contribution in [1.29, 1.82) is 0 Å². The molecule has 4 aromatic rings. The number of ketones is 1. The van der Waals surface area contributed by atoms with Gasteiger partial charge in [-0.05, 0) is 49.5 Å². The van der Waals surface area contributed by atoms with Crippen molar-refractivity contribution in [2.75, 3.05) is 6.54 Å². The molecule has 0 saturated carbocycles. The molecule has 7 heteroatoms. The van der Waals surface area contributed by atoms with Gasteiger partial charge in [0, 0.05) is 30.4 Å². The van der Waals surface area contributed by atoms with Gasteiger partial charge in [-0.3, -0.25) is 9.78 Å². The zero-order chi connectivity index (χ0) is 20.2. The second-order valence-electron chi connectivity index (χ2n) is 6.97. The minimum Gasteiger partial charge on any atom is -0.315 e. The number of thiophene rings is 1. The Kier molecular flexibility index (Phi) is 5.78. The van der Waals surface area contributed by atoms with E-state index in [0.717, 1.165) is 34.7 Å². The third-order valence-electron chi connectivity index (χ3n) is 4.86. The van der Waals surface area contributed by atoms with Crippen LogP contribution in [0, 0.1) is 0 Å². The predicted octanol–water partition coefficient (Wildman–Crippen LogP) is 4.48. The van der Waals surface area contributed by atoms with E-state index in [0.29, 0.717) is 23.7 Å². The molecule has 29 heavy (non-hydrogen) atoms. The summed E-state index contributed by atoms with van der Waals surface area (Å²) in [5.74, 6) is 0.127. The van der Waals surface area contributed by atoms with Crippen molar-refractivity contribution in [3.05, 3.63) is 59.9 Å². The van der Waals surface area contributed by atoms with Crippen molar-refractivity contribution in [2.45, 2.75) is 32.7 Å². The Morgan fingerprint density at radius 3 is 2.97 bits per heavy atom. The summed E-state index contributed by atoms with van der Waals surface area (Å²) in [6.45, 7) is 5.08. The molecule has 0 aromatic carbocycles. The van der Waals surface area contributed by atoms with Crippen LogP contribution in [-0.4, -0.2) is 38.0 Å². The molecule has 1 N–H and O–H groups in total. The van der Waals surface area contributed by atoms with E-state index in [1.54, 1.807) is 34.3 Å². The second kappa shape index (κ2) is 8.63. The molecule has 4 heterocycles. The average Bonchev–Trinajstić information content (AvgIpc) is 3.42. The topological polar surface area (TPSA) is 72.2 Å². The van der Waals surface area contributed by atoms with Crippen molar-refractivity contribution in [3.63, 3.8) is 0 Å². The van der Waals surface area contributed by atoms with Crippen molar-refractivity contribution in [1.82, 2.24) is 24.9 Å². The number of hydrogen-bond donors (Lipinski definition) is 1. The number of fused-ring (bicyclic) bond motifs is 1. The van der Waals surface area contributed by atoms with Crippen molar-refractivity contribution < 1.29 is 4.79 Å². The fraction of sp³-hybridized carbons (Fsp3) is 0.273. The fourth-order valence-corrected chi connectivity index (χ4v) is 4.00. The minimum absolute atomic E-state index is 0.127. The number of carbonyl (C=O) groups is 1. The minimum atomic E-state index is 0.127. The highest BCUT2D eigenvalue weighted by Gasteiger charge is 2.14. The standard InChI is InChI=1S/C22H23N5OS/c1-3-23-15(2)6-7-20(28)16-8-10-24-19(13-16)17-14-25-27-11-9-18(26-22(17)27)21-5-4-12-29-21/h4-5,8-15,23H,3,6-7H2,1-2H3/t15-/m1/s1. The highest BCUT2D eigenvalue weighted by Crippen LogP contribution is 2.27. The van der Waals surface area contributed by atoms with E-state index < -0.39 is 0 Å². The summed E-state index contributed by atoms with van der Waals surface area (Å²) in [6, 6.07) is 9.96. The normalized spacial score (nSPS) is 12.3. The quantitative estimate of drug-likeness (QED) is 0.438. The second-order valence-corrected chi connectivity index (χ2v) is 7.91. The van der Waals surface area contributed by atoms with E-state index in [2.05, 4.69) is 29.2 Å². The molecule has 0 amide bonds. The monoisotopic (exact) mass is 405 g/mol. The summed E-state index contributed by atoms with van der Waals surface area (Å²) in [5, 5.41) is 9.77. The fourth-order valence-electron chi connectivity index (χ4n) is 3.30. The van der Waals surface area contributed by atoms with E-state index in [1.165, 1.54) is 0 Å². The van der Waals surface area contributed by atoms with Crippen LogP contribution in [0.25, 0.3) is 27.5 Å². The summed E-state index contributed by atoms with van der Waals surface area (Å²) in [5.41, 5.74) is 3.83. The molecule has 0 aliphatic rings. The molecule has 0 aliphatic carbocycles. The van der Waals surface area contributed by atoms with Gasteiger partial charge in [0.1, 0.15) is 0 Å². The SMILES string of the molecule is CCN[C@H](C)CCC(=O)c1ccnc(-c2cnn3ccc(-c4cccs4)nc23)c1. The number of Topliss-reactive ketones (excluding diaryl/α,β-unsaturated/α-hetero) is 1. The third kappa shape index (κ3) is 4.26. The number of nitrogens with one attached hydrogen (secondary N) is 1. The molecule has 4 rings (SSSR count). The molecular formula is C22H23N5OS. The van der Waals surface area contributed by atoms with Gasteiger partial charge in [-0.2, -0.15) is 5.10 Å². The molecule has 148 valence electrons. The average molecular weight is 406 g/mol. The van der Waals surface area contributed by atoms with Crippen molar-refractivity contribution in [2.24, 2.45) is 0 Å². The molecule has 0 radical (unpaired) electrons. The van der Waals surface area contributed by atoms with Crippen LogP contribution in [0.2, 0.25) is 0 Å². The van der Waals surface area contributed by atoms with E-state index >= 15 is 0 Å². The molecule has 0 unspecified atom stereocenters. The highest BCUT2D eigenvalue weighted by molar-refractivity contribution is 7.13. The Labute approximate surface area is 173 Å². The van der Waals surface area contributed by atoms with E-state index in [1.807, 2.05) is 35.8 Å². The van der Waals surface area contributed by atoms with Crippen LogP contribution in [-0.2, 0) is 0 Å². The smallest absolute Gasteiger partial charge is 0.165 e. The summed E-state index contributed by atoms with van der Waals surface area (Å²) >= 11 is 1.65. The molecule has 4 aromatic heterocycles. The van der Waals surface area contributed by atoms with Gasteiger partial charge >= 0.3 is 0 Å². The first-order valence-corrected chi connectivity index (χ1v) is 10.6. The third-order valence-corrected chi connectivity index (χ3v) is 5.75. The molecule has 0 aliphatic heterocycles. The molecule has 1 atom stereocenters. The van der Waals surface area contributed by atoms with E-state index in [-0.39, 0.29) is 5.78 Å². The van der Waals surface area contributed by atoms with Crippen LogP contribution < -0.4 is 5.32 Å². The van der Waals surface area contributed by atoms with E-state index in [9.17, 15) is 4.79 Å². The first kappa shape index (κ1) is 19.4. The van der Waals surface area contributed by atoms with Crippen LogP contribution in [0.3, 0.4) is 0 Å². The number of carbonyl (C=O) groups excluding carboxylic acids is 1. The lowest BCUT2D eigenvalue weighted by Gasteiger charge is -2.11. The van der Waals surface area contributed by atoms with Gasteiger partial charge in [-0.1, -0.05) is 13.0 Å². The van der Waals surface area contributed by atoms with E-state index in [4.69, 9.17) is 4.98 Å². The van der Waals surface area contributed by atoms with Gasteiger partial charge in [0.05, 0.1) is 28.0 Å². The summed E-state index contributed by atoms with van der Waals surface area (Å²) < 4.78 is 1.74. The zero-order valence-electron chi connectivity index (χ0n) is 16.5. The lowest BCUT2D eigenvalue weighted by atomic mass is 10.0. The van der Waals surface area contributed by atoms with Crippen LogP contribution >= 0.6 is 11.3 Å². The van der Waals surface area contributed by atoms with Crippen LogP contribution in [0.4, 0.5) is 0 Å². The Morgan fingerprint density at radius 1 is 1.28 bits per heavy atom. The maximum atomic E-state index is 12.7. The maximum absolute atomic E-state index is 12.7. The number of nitrogens with zero attached hydrogens (tertiary/aromatic N) is 4. The molecule has 6 nitrogen and oxygen atoms in total. The van der Waals surface area contributed by atoms with Crippen molar-refractivity contribution >= 4 is 22.8 Å². The lowest BCUT2D eigenvalue weighted by Crippen LogP contribution is -2.26. The predicted molar refractivity (Wildman–Crippen MR) is 116 cm³/mol. The summed E-state index contributed by atoms with van der Waals surface area (Å²) in [7, 11) is 0. The molecule has 0 bridgehead atoms. The van der Waals surface area contributed by atoms with Crippen molar-refractivity contribution in [3.8, 4) is 21.8 Å². The first-order chi connectivity index (χ1) is 14.2. The zero-order valence-corrected chi connectivity index (χ0v) is 17.3. The maximum Gasteiger partial charge on any atom is 0.165 e. The van der Waals surface area contributed by atoms with Crippen LogP contribution in [0.5, 0.6) is 0 Å². The Balaban J connectivity index is 1.62. The molecular weight excluding hydrogens is 382 g/mol. The number of hydrogen-bond acceptors (Lipinski definition) is 6. The van der Waals surface area contributed by atoms with Gasteiger partial charge in [0.2, 0.25) is 0 Å². The Hall–Kier alpha value is -2.90. The molecule has 0 saturated heterocycles. The molecule has 0 spiro atoms.